The van der Waals surface area contributed by atoms with E-state index in [0.29, 0.717) is 31.0 Å². The van der Waals surface area contributed by atoms with Crippen LogP contribution in [0.3, 0.4) is 0 Å². The van der Waals surface area contributed by atoms with Crippen LogP contribution in [-0.2, 0) is 29.0 Å². The Morgan fingerprint density at radius 2 is 2.00 bits per heavy atom. The molecule has 1 N–H and O–H groups in total. The zero-order valence-electron chi connectivity index (χ0n) is 12.9. The molecule has 1 atom stereocenters. The molecule has 1 aliphatic heterocycles. The van der Waals surface area contributed by atoms with Crippen LogP contribution in [0.1, 0.15) is 23.1 Å². The minimum absolute atomic E-state index is 0.0486. The molecule has 1 aliphatic rings. The second-order valence-electron chi connectivity index (χ2n) is 5.84. The molecule has 0 spiro atoms. The Balaban J connectivity index is 1.43. The van der Waals surface area contributed by atoms with Gasteiger partial charge >= 0.3 is 0 Å². The van der Waals surface area contributed by atoms with E-state index in [1.165, 1.54) is 11.1 Å². The number of halogens is 1. The van der Waals surface area contributed by atoms with E-state index in [0.717, 1.165) is 12.0 Å². The van der Waals surface area contributed by atoms with Crippen molar-refractivity contribution in [3.8, 4) is 0 Å². The van der Waals surface area contributed by atoms with Gasteiger partial charge in [-0.2, -0.15) is 0 Å². The van der Waals surface area contributed by atoms with Crippen LogP contribution >= 0.6 is 11.6 Å². The van der Waals surface area contributed by atoms with Crippen LogP contribution < -0.4 is 5.32 Å². The van der Waals surface area contributed by atoms with E-state index in [9.17, 15) is 4.79 Å². The molecule has 3 nitrogen and oxygen atoms in total. The van der Waals surface area contributed by atoms with Crippen molar-refractivity contribution in [1.29, 1.82) is 0 Å². The lowest BCUT2D eigenvalue weighted by Gasteiger charge is -2.25. The van der Waals surface area contributed by atoms with Gasteiger partial charge in [-0.15, -0.1) is 0 Å². The summed E-state index contributed by atoms with van der Waals surface area (Å²) in [7, 11) is 0. The van der Waals surface area contributed by atoms with Crippen molar-refractivity contribution in [1.82, 2.24) is 5.32 Å². The van der Waals surface area contributed by atoms with E-state index >= 15 is 0 Å². The molecule has 0 saturated carbocycles. The number of rotatable bonds is 5. The van der Waals surface area contributed by atoms with Gasteiger partial charge in [0, 0.05) is 24.4 Å². The Labute approximate surface area is 141 Å². The van der Waals surface area contributed by atoms with Crippen LogP contribution in [0, 0.1) is 0 Å². The summed E-state index contributed by atoms with van der Waals surface area (Å²) in [5, 5.41) is 3.68. The highest BCUT2D eigenvalue weighted by Gasteiger charge is 2.19. The Bertz CT molecular complexity index is 687. The molecule has 23 heavy (non-hydrogen) atoms. The topological polar surface area (TPSA) is 38.3 Å². The lowest BCUT2D eigenvalue weighted by Crippen LogP contribution is -2.36. The SMILES string of the molecule is O=C(CCc1cccc(Cl)c1)NCC1Cc2ccccc2CO1. The average Bonchev–Trinajstić information content (AvgIpc) is 2.58. The lowest BCUT2D eigenvalue weighted by atomic mass is 9.99. The number of nitrogens with one attached hydrogen (secondary N) is 1. The van der Waals surface area contributed by atoms with Gasteiger partial charge in [0.15, 0.2) is 0 Å². The summed E-state index contributed by atoms with van der Waals surface area (Å²) in [5.41, 5.74) is 3.64. The van der Waals surface area contributed by atoms with Crippen molar-refractivity contribution in [3.63, 3.8) is 0 Å². The predicted octanol–water partition coefficient (Wildman–Crippen LogP) is 3.53. The zero-order valence-corrected chi connectivity index (χ0v) is 13.7. The van der Waals surface area contributed by atoms with Gasteiger partial charge in [0.2, 0.25) is 5.91 Å². The summed E-state index contributed by atoms with van der Waals surface area (Å²) in [4.78, 5) is 12.0. The minimum atomic E-state index is 0.0486. The maximum atomic E-state index is 12.0. The van der Waals surface area contributed by atoms with Crippen LogP contribution in [0.2, 0.25) is 5.02 Å². The van der Waals surface area contributed by atoms with Gasteiger partial charge < -0.3 is 10.1 Å². The fourth-order valence-corrected chi connectivity index (χ4v) is 3.02. The van der Waals surface area contributed by atoms with Crippen LogP contribution in [0.15, 0.2) is 48.5 Å². The first-order valence-corrected chi connectivity index (χ1v) is 8.28. The first kappa shape index (κ1) is 16.0. The van der Waals surface area contributed by atoms with Gasteiger partial charge in [0.25, 0.3) is 0 Å². The van der Waals surface area contributed by atoms with Crippen molar-refractivity contribution in [2.45, 2.75) is 32.0 Å². The molecule has 0 radical (unpaired) electrons. The average molecular weight is 330 g/mol. The van der Waals surface area contributed by atoms with E-state index < -0.39 is 0 Å². The van der Waals surface area contributed by atoms with E-state index in [1.807, 2.05) is 36.4 Å². The second kappa shape index (κ2) is 7.62. The summed E-state index contributed by atoms with van der Waals surface area (Å²) in [5.74, 6) is 0.0486. The molecule has 2 aromatic carbocycles. The highest BCUT2D eigenvalue weighted by molar-refractivity contribution is 6.30. The highest BCUT2D eigenvalue weighted by Crippen LogP contribution is 2.19. The molecule has 1 unspecified atom stereocenters. The quantitative estimate of drug-likeness (QED) is 0.911. The largest absolute Gasteiger partial charge is 0.371 e. The molecule has 2 aromatic rings. The number of fused-ring (bicyclic) bond motifs is 1. The zero-order chi connectivity index (χ0) is 16.1. The van der Waals surface area contributed by atoms with Crippen LogP contribution in [-0.4, -0.2) is 18.6 Å². The number of aryl methyl sites for hydroxylation is 1. The van der Waals surface area contributed by atoms with E-state index in [-0.39, 0.29) is 12.0 Å². The third kappa shape index (κ3) is 4.57. The summed E-state index contributed by atoms with van der Waals surface area (Å²) >= 11 is 5.95. The summed E-state index contributed by atoms with van der Waals surface area (Å²) in [6, 6.07) is 15.9. The molecule has 0 aromatic heterocycles. The van der Waals surface area contributed by atoms with Gasteiger partial charge in [-0.05, 0) is 35.2 Å². The molecular weight excluding hydrogens is 310 g/mol. The van der Waals surface area contributed by atoms with Gasteiger partial charge in [-0.1, -0.05) is 48.0 Å². The Morgan fingerprint density at radius 1 is 1.17 bits per heavy atom. The van der Waals surface area contributed by atoms with Gasteiger partial charge in [-0.25, -0.2) is 0 Å². The monoisotopic (exact) mass is 329 g/mol. The number of carbonyl (C=O) groups excluding carboxylic acids is 1. The first-order chi connectivity index (χ1) is 11.2. The summed E-state index contributed by atoms with van der Waals surface area (Å²) in [6.07, 6.45) is 2.06. The number of hydrogen-bond donors (Lipinski definition) is 1. The smallest absolute Gasteiger partial charge is 0.220 e. The maximum absolute atomic E-state index is 12.0. The number of carbonyl (C=O) groups is 1. The number of ether oxygens (including phenoxy) is 1. The number of amides is 1. The molecule has 120 valence electrons. The van der Waals surface area contributed by atoms with E-state index in [4.69, 9.17) is 16.3 Å². The van der Waals surface area contributed by atoms with Gasteiger partial charge in [-0.3, -0.25) is 4.79 Å². The molecule has 0 bridgehead atoms. The fourth-order valence-electron chi connectivity index (χ4n) is 2.81. The van der Waals surface area contributed by atoms with E-state index in [2.05, 4.69) is 17.4 Å². The Morgan fingerprint density at radius 3 is 2.83 bits per heavy atom. The molecule has 0 aliphatic carbocycles. The van der Waals surface area contributed by atoms with Crippen LogP contribution in [0.25, 0.3) is 0 Å². The molecule has 0 fully saturated rings. The Hall–Kier alpha value is -1.84. The van der Waals surface area contributed by atoms with Crippen molar-refractivity contribution in [2.75, 3.05) is 6.54 Å². The highest BCUT2D eigenvalue weighted by atomic mass is 35.5. The standard InChI is InChI=1S/C19H20ClNO2/c20-17-7-3-4-14(10-17)8-9-19(22)21-12-18-11-15-5-1-2-6-16(15)13-23-18/h1-7,10,18H,8-9,11-13H2,(H,21,22). The normalized spacial score (nSPS) is 16.7. The number of hydrogen-bond acceptors (Lipinski definition) is 2. The third-order valence-corrected chi connectivity index (χ3v) is 4.33. The molecule has 1 amide bonds. The van der Waals surface area contributed by atoms with Crippen LogP contribution in [0.4, 0.5) is 0 Å². The molecule has 4 heteroatoms. The molecule has 1 heterocycles. The van der Waals surface area contributed by atoms with E-state index in [1.54, 1.807) is 0 Å². The van der Waals surface area contributed by atoms with Crippen molar-refractivity contribution in [2.24, 2.45) is 0 Å². The Kier molecular flexibility index (Phi) is 5.31. The van der Waals surface area contributed by atoms with Crippen molar-refractivity contribution < 1.29 is 9.53 Å². The maximum Gasteiger partial charge on any atom is 0.220 e. The van der Waals surface area contributed by atoms with Crippen molar-refractivity contribution >= 4 is 17.5 Å². The second-order valence-corrected chi connectivity index (χ2v) is 6.28. The third-order valence-electron chi connectivity index (χ3n) is 4.10. The van der Waals surface area contributed by atoms with Gasteiger partial charge in [0.05, 0.1) is 12.7 Å². The fraction of sp³-hybridized carbons (Fsp3) is 0.316. The van der Waals surface area contributed by atoms with Crippen molar-refractivity contribution in [3.05, 3.63) is 70.2 Å². The number of benzene rings is 2. The summed E-state index contributed by atoms with van der Waals surface area (Å²) in [6.45, 7) is 1.18. The molecular formula is C19H20ClNO2. The first-order valence-electron chi connectivity index (χ1n) is 7.90. The van der Waals surface area contributed by atoms with Gasteiger partial charge in [0.1, 0.15) is 0 Å². The molecule has 0 saturated heterocycles. The predicted molar refractivity (Wildman–Crippen MR) is 91.5 cm³/mol. The van der Waals surface area contributed by atoms with Crippen LogP contribution in [0.5, 0.6) is 0 Å². The molecule has 3 rings (SSSR count). The minimum Gasteiger partial charge on any atom is -0.371 e. The summed E-state index contributed by atoms with van der Waals surface area (Å²) < 4.78 is 5.80. The lowest BCUT2D eigenvalue weighted by molar-refractivity contribution is -0.121.